The summed E-state index contributed by atoms with van der Waals surface area (Å²) in [5.74, 6) is 5.36. The summed E-state index contributed by atoms with van der Waals surface area (Å²) in [6.45, 7) is 4.81. The smallest absolute Gasteiger partial charge is 0.131 e. The van der Waals surface area contributed by atoms with Crippen molar-refractivity contribution >= 4 is 5.84 Å². The van der Waals surface area contributed by atoms with Crippen LogP contribution < -0.4 is 16.0 Å². The van der Waals surface area contributed by atoms with Crippen LogP contribution in [0.1, 0.15) is 75.0 Å². The standard InChI is InChI=1S/C42H50N4/c1-27-12-11-19-36-34-18-10-9-17-31(34)24-38(39(27)36)37-25-32(22-23-35(37)33-21-20-28(2)43-26-33)42-45-40(29-13-5-3-6-14-29)44-41(46-42)30-15-7-4-8-16-30/h3-10,13-15,17-18,20-22,26-28,30,35-39,41-43,46H,11-12,16,19,23-25H2,1-2H3,(H,44,45). The van der Waals surface area contributed by atoms with E-state index in [-0.39, 0.29) is 12.3 Å². The molecule has 1 fully saturated rings. The Labute approximate surface area is 275 Å². The molecule has 6 aliphatic rings. The van der Waals surface area contributed by atoms with E-state index in [4.69, 9.17) is 4.99 Å². The number of nitrogens with one attached hydrogen (secondary N) is 3. The van der Waals surface area contributed by atoms with Crippen LogP contribution in [0.15, 0.2) is 119 Å². The number of fused-ring (bicyclic) bond motifs is 3. The van der Waals surface area contributed by atoms with Gasteiger partial charge >= 0.3 is 0 Å². The van der Waals surface area contributed by atoms with Crippen molar-refractivity contribution < 1.29 is 0 Å². The van der Waals surface area contributed by atoms with Crippen LogP contribution in [0.2, 0.25) is 0 Å². The fourth-order valence-electron chi connectivity index (χ4n) is 9.84. The number of amidine groups is 1. The molecule has 8 rings (SSSR count). The Morgan fingerprint density at radius 2 is 1.70 bits per heavy atom. The zero-order valence-electron chi connectivity index (χ0n) is 27.5. The molecule has 0 radical (unpaired) electrons. The lowest BCUT2D eigenvalue weighted by Gasteiger charge is -2.51. The highest BCUT2D eigenvalue weighted by molar-refractivity contribution is 5.99. The maximum Gasteiger partial charge on any atom is 0.131 e. The van der Waals surface area contributed by atoms with E-state index in [2.05, 4.69) is 133 Å². The summed E-state index contributed by atoms with van der Waals surface area (Å²) in [4.78, 5) is 5.42. The lowest BCUT2D eigenvalue weighted by molar-refractivity contribution is 0.0659. The molecular formula is C42H50N4. The highest BCUT2D eigenvalue weighted by Crippen LogP contribution is 2.56. The highest BCUT2D eigenvalue weighted by atomic mass is 15.3. The van der Waals surface area contributed by atoms with Crippen LogP contribution in [0.25, 0.3) is 0 Å². The van der Waals surface area contributed by atoms with Gasteiger partial charge in [-0.25, -0.2) is 4.99 Å². The Morgan fingerprint density at radius 1 is 0.826 bits per heavy atom. The summed E-state index contributed by atoms with van der Waals surface area (Å²) in [6, 6.07) is 20.6. The van der Waals surface area contributed by atoms with E-state index in [1.54, 1.807) is 11.1 Å². The minimum atomic E-state index is -0.0197. The van der Waals surface area contributed by atoms with Crippen molar-refractivity contribution in [1.29, 1.82) is 0 Å². The predicted molar refractivity (Wildman–Crippen MR) is 190 cm³/mol. The molecule has 0 bridgehead atoms. The van der Waals surface area contributed by atoms with Gasteiger partial charge in [0.05, 0.1) is 6.17 Å². The molecule has 4 heteroatoms. The van der Waals surface area contributed by atoms with Crippen LogP contribution >= 0.6 is 0 Å². The van der Waals surface area contributed by atoms with Crippen molar-refractivity contribution in [3.63, 3.8) is 0 Å². The molecule has 238 valence electrons. The first-order chi connectivity index (χ1) is 22.6. The summed E-state index contributed by atoms with van der Waals surface area (Å²) >= 11 is 0. The monoisotopic (exact) mass is 610 g/mol. The molecule has 2 aliphatic heterocycles. The molecule has 0 aromatic heterocycles. The van der Waals surface area contributed by atoms with Crippen LogP contribution in [0.3, 0.4) is 0 Å². The molecule has 4 nitrogen and oxygen atoms in total. The van der Waals surface area contributed by atoms with Gasteiger partial charge in [0, 0.05) is 23.7 Å². The molecule has 10 atom stereocenters. The number of hydrogen-bond donors (Lipinski definition) is 3. The molecule has 10 unspecified atom stereocenters. The summed E-state index contributed by atoms with van der Waals surface area (Å²) in [6.07, 6.45) is 27.3. The normalized spacial score (nSPS) is 36.7. The molecular weight excluding hydrogens is 560 g/mol. The second kappa shape index (κ2) is 12.9. The Bertz CT molecular complexity index is 1590. The number of dihydropyridines is 1. The number of allylic oxidation sites excluding steroid dienone is 6. The second-order valence-corrected chi connectivity index (χ2v) is 14.9. The Balaban J connectivity index is 1.17. The van der Waals surface area contributed by atoms with Gasteiger partial charge in [0.15, 0.2) is 0 Å². The van der Waals surface area contributed by atoms with E-state index in [9.17, 15) is 0 Å². The minimum absolute atomic E-state index is 0.0197. The lowest BCUT2D eigenvalue weighted by Crippen LogP contribution is -2.58. The second-order valence-electron chi connectivity index (χ2n) is 14.9. The van der Waals surface area contributed by atoms with Crippen LogP contribution in [0.4, 0.5) is 0 Å². The third kappa shape index (κ3) is 5.74. The quantitative estimate of drug-likeness (QED) is 0.299. The molecule has 2 aromatic carbocycles. The molecule has 4 aliphatic carbocycles. The van der Waals surface area contributed by atoms with E-state index in [1.807, 2.05) is 0 Å². The van der Waals surface area contributed by atoms with E-state index in [0.717, 1.165) is 36.9 Å². The molecule has 2 heterocycles. The molecule has 2 aromatic rings. The van der Waals surface area contributed by atoms with Crippen molar-refractivity contribution in [2.45, 2.75) is 83.1 Å². The number of benzene rings is 2. The lowest BCUT2D eigenvalue weighted by atomic mass is 9.53. The Hall–Kier alpha value is -3.63. The first-order valence-corrected chi connectivity index (χ1v) is 18.0. The summed E-state index contributed by atoms with van der Waals surface area (Å²) < 4.78 is 0. The van der Waals surface area contributed by atoms with Crippen molar-refractivity contribution in [1.82, 2.24) is 16.0 Å². The first-order valence-electron chi connectivity index (χ1n) is 18.0. The van der Waals surface area contributed by atoms with Gasteiger partial charge in [0.1, 0.15) is 12.0 Å². The zero-order chi connectivity index (χ0) is 31.0. The summed E-state index contributed by atoms with van der Waals surface area (Å²) in [5, 5.41) is 11.5. The van der Waals surface area contributed by atoms with Gasteiger partial charge in [-0.2, -0.15) is 0 Å². The molecule has 0 saturated heterocycles. The van der Waals surface area contributed by atoms with E-state index in [0.29, 0.717) is 35.6 Å². The predicted octanol–water partition coefficient (Wildman–Crippen LogP) is 8.19. The minimum Gasteiger partial charge on any atom is -0.385 e. The fraction of sp³-hybridized carbons (Fsp3) is 0.452. The van der Waals surface area contributed by atoms with Gasteiger partial charge in [0.2, 0.25) is 0 Å². The molecule has 3 N–H and O–H groups in total. The SMILES string of the molecule is CC1C=CC(C2CC=C(C3N=C(c4ccccc4)NC(C4C=CC=CC4)N3)CC2C2Cc3ccccc3C3CCCC(C)C32)=CN1. The third-order valence-electron chi connectivity index (χ3n) is 12.1. The summed E-state index contributed by atoms with van der Waals surface area (Å²) in [7, 11) is 0. The average molecular weight is 611 g/mol. The van der Waals surface area contributed by atoms with Gasteiger partial charge in [0.25, 0.3) is 0 Å². The highest BCUT2D eigenvalue weighted by Gasteiger charge is 2.47. The molecule has 0 spiro atoms. The average Bonchev–Trinajstić information content (AvgIpc) is 3.12. The molecule has 0 amide bonds. The maximum absolute atomic E-state index is 5.42. The number of hydrogen-bond acceptors (Lipinski definition) is 4. The summed E-state index contributed by atoms with van der Waals surface area (Å²) in [5.41, 5.74) is 7.40. The van der Waals surface area contributed by atoms with E-state index in [1.165, 1.54) is 42.4 Å². The van der Waals surface area contributed by atoms with Gasteiger partial charge in [-0.15, -0.1) is 0 Å². The number of nitrogens with zero attached hydrogens (tertiary/aromatic N) is 1. The first kappa shape index (κ1) is 29.8. The van der Waals surface area contributed by atoms with Gasteiger partial charge in [-0.05, 0) is 96.8 Å². The topological polar surface area (TPSA) is 48.5 Å². The van der Waals surface area contributed by atoms with E-state index >= 15 is 0 Å². The van der Waals surface area contributed by atoms with Crippen molar-refractivity contribution in [3.05, 3.63) is 131 Å². The third-order valence-corrected chi connectivity index (χ3v) is 12.1. The van der Waals surface area contributed by atoms with Gasteiger partial charge in [-0.3, -0.25) is 5.32 Å². The van der Waals surface area contributed by atoms with E-state index < -0.39 is 0 Å². The zero-order valence-corrected chi connectivity index (χ0v) is 27.5. The van der Waals surface area contributed by atoms with Gasteiger partial charge in [-0.1, -0.05) is 117 Å². The molecule has 1 saturated carbocycles. The fourth-order valence-corrected chi connectivity index (χ4v) is 9.84. The molecule has 46 heavy (non-hydrogen) atoms. The van der Waals surface area contributed by atoms with Crippen LogP contribution in [0, 0.1) is 35.5 Å². The van der Waals surface area contributed by atoms with Crippen LogP contribution in [0.5, 0.6) is 0 Å². The van der Waals surface area contributed by atoms with Crippen molar-refractivity contribution in [2.75, 3.05) is 0 Å². The maximum atomic E-state index is 5.42. The Morgan fingerprint density at radius 3 is 2.52 bits per heavy atom. The number of aliphatic imine (C=N–C) groups is 1. The van der Waals surface area contributed by atoms with Crippen molar-refractivity contribution in [3.8, 4) is 0 Å². The largest absolute Gasteiger partial charge is 0.385 e. The Kier molecular flexibility index (Phi) is 8.33. The van der Waals surface area contributed by atoms with Crippen LogP contribution in [-0.4, -0.2) is 24.2 Å². The van der Waals surface area contributed by atoms with Gasteiger partial charge < -0.3 is 10.6 Å². The van der Waals surface area contributed by atoms with Crippen LogP contribution in [-0.2, 0) is 6.42 Å². The van der Waals surface area contributed by atoms with Crippen molar-refractivity contribution in [2.24, 2.45) is 40.5 Å². The number of rotatable bonds is 5.